The van der Waals surface area contributed by atoms with Gasteiger partial charge in [-0.1, -0.05) is 5.16 Å². The van der Waals surface area contributed by atoms with Crippen LogP contribution in [-0.4, -0.2) is 73.1 Å². The Morgan fingerprint density at radius 2 is 2.00 bits per heavy atom. The van der Waals surface area contributed by atoms with Crippen LogP contribution in [0.1, 0.15) is 40.8 Å². The maximum Gasteiger partial charge on any atom is 0.253 e. The molecule has 0 bridgehead atoms. The molecule has 1 atom stereocenters. The number of rotatable bonds is 4. The van der Waals surface area contributed by atoms with Crippen LogP contribution in [0.5, 0.6) is 0 Å². The predicted molar refractivity (Wildman–Crippen MR) is 111 cm³/mol. The molecule has 2 aliphatic rings. The highest BCUT2D eigenvalue weighted by molar-refractivity contribution is 9.10. The molecule has 0 radical (unpaired) electrons. The van der Waals surface area contributed by atoms with E-state index in [4.69, 9.17) is 9.26 Å². The molecular weight excluding hydrogens is 476 g/mol. The molecule has 9 nitrogen and oxygen atoms in total. The third kappa shape index (κ3) is 4.29. The second kappa shape index (κ2) is 8.74. The van der Waals surface area contributed by atoms with Gasteiger partial charge in [0.1, 0.15) is 0 Å². The van der Waals surface area contributed by atoms with Crippen molar-refractivity contribution in [2.75, 3.05) is 39.4 Å². The minimum Gasteiger partial charge on any atom is -0.379 e. The van der Waals surface area contributed by atoms with E-state index >= 15 is 0 Å². The van der Waals surface area contributed by atoms with E-state index in [1.165, 1.54) is 10.4 Å². The van der Waals surface area contributed by atoms with Crippen LogP contribution in [0.2, 0.25) is 0 Å². The SMILES string of the molecule is Cc1noc(C2CCCN(C(=O)c3ccc(Br)c(S(=O)(=O)N4CCOCC4)c3)C2)n1. The summed E-state index contributed by atoms with van der Waals surface area (Å²) in [5.74, 6) is 0.883. The number of carbonyl (C=O) groups excluding carboxylic acids is 1. The molecule has 0 saturated carbocycles. The number of ether oxygens (including phenoxy) is 1. The molecule has 11 heteroatoms. The number of hydrogen-bond acceptors (Lipinski definition) is 7. The van der Waals surface area contributed by atoms with Gasteiger partial charge >= 0.3 is 0 Å². The molecule has 162 valence electrons. The van der Waals surface area contributed by atoms with Crippen LogP contribution in [-0.2, 0) is 14.8 Å². The van der Waals surface area contributed by atoms with Gasteiger partial charge in [-0.25, -0.2) is 8.42 Å². The van der Waals surface area contributed by atoms with Gasteiger partial charge in [0.2, 0.25) is 15.9 Å². The molecular formula is C19H23BrN4O5S. The van der Waals surface area contributed by atoms with Crippen molar-refractivity contribution >= 4 is 31.9 Å². The van der Waals surface area contributed by atoms with Gasteiger partial charge in [-0.05, 0) is 53.9 Å². The fourth-order valence-electron chi connectivity index (χ4n) is 3.78. The highest BCUT2D eigenvalue weighted by atomic mass is 79.9. The lowest BCUT2D eigenvalue weighted by molar-refractivity contribution is 0.0694. The van der Waals surface area contributed by atoms with Gasteiger partial charge in [0.15, 0.2) is 5.82 Å². The van der Waals surface area contributed by atoms with Crippen LogP contribution < -0.4 is 0 Å². The zero-order chi connectivity index (χ0) is 21.3. The molecule has 3 heterocycles. The molecule has 1 aromatic carbocycles. The van der Waals surface area contributed by atoms with E-state index < -0.39 is 10.0 Å². The topological polar surface area (TPSA) is 106 Å². The Labute approximate surface area is 183 Å². The second-order valence-electron chi connectivity index (χ2n) is 7.43. The van der Waals surface area contributed by atoms with Crippen molar-refractivity contribution in [1.29, 1.82) is 0 Å². The van der Waals surface area contributed by atoms with Crippen molar-refractivity contribution in [1.82, 2.24) is 19.3 Å². The maximum absolute atomic E-state index is 13.2. The summed E-state index contributed by atoms with van der Waals surface area (Å²) < 4.78 is 38.5. The number of likely N-dealkylation sites (tertiary alicyclic amines) is 1. The number of morpholine rings is 1. The Balaban J connectivity index is 1.56. The summed E-state index contributed by atoms with van der Waals surface area (Å²) in [6.07, 6.45) is 1.68. The summed E-state index contributed by atoms with van der Waals surface area (Å²) in [6, 6.07) is 4.71. The average Bonchev–Trinajstić information content (AvgIpc) is 3.20. The molecule has 1 unspecified atom stereocenters. The van der Waals surface area contributed by atoms with Gasteiger partial charge in [0.25, 0.3) is 5.91 Å². The number of halogens is 1. The van der Waals surface area contributed by atoms with E-state index in [-0.39, 0.29) is 16.7 Å². The van der Waals surface area contributed by atoms with E-state index in [9.17, 15) is 13.2 Å². The fourth-order valence-corrected chi connectivity index (χ4v) is 6.14. The van der Waals surface area contributed by atoms with E-state index in [0.29, 0.717) is 61.1 Å². The lowest BCUT2D eigenvalue weighted by atomic mass is 9.97. The summed E-state index contributed by atoms with van der Waals surface area (Å²) in [4.78, 5) is 19.3. The van der Waals surface area contributed by atoms with Crippen LogP contribution in [0.25, 0.3) is 0 Å². The van der Waals surface area contributed by atoms with Crippen LogP contribution in [0.15, 0.2) is 32.1 Å². The molecule has 0 N–H and O–H groups in total. The summed E-state index contributed by atoms with van der Waals surface area (Å²) in [6.45, 7) is 4.14. The zero-order valence-corrected chi connectivity index (χ0v) is 19.0. The summed E-state index contributed by atoms with van der Waals surface area (Å²) in [7, 11) is -3.73. The Hall–Kier alpha value is -1.82. The molecule has 30 heavy (non-hydrogen) atoms. The largest absolute Gasteiger partial charge is 0.379 e. The summed E-state index contributed by atoms with van der Waals surface area (Å²) in [5, 5.41) is 3.84. The first-order valence-electron chi connectivity index (χ1n) is 9.83. The smallest absolute Gasteiger partial charge is 0.253 e. The second-order valence-corrected chi connectivity index (χ2v) is 10.2. The van der Waals surface area contributed by atoms with E-state index in [2.05, 4.69) is 26.1 Å². The first-order chi connectivity index (χ1) is 14.4. The van der Waals surface area contributed by atoms with Crippen molar-refractivity contribution in [3.05, 3.63) is 40.0 Å². The first kappa shape index (κ1) is 21.4. The molecule has 2 saturated heterocycles. The third-order valence-corrected chi connectivity index (χ3v) is 8.26. The van der Waals surface area contributed by atoms with Gasteiger partial charge in [0.05, 0.1) is 24.0 Å². The van der Waals surface area contributed by atoms with Crippen molar-refractivity contribution in [2.24, 2.45) is 0 Å². The van der Waals surface area contributed by atoms with Crippen LogP contribution in [0.3, 0.4) is 0 Å². The summed E-state index contributed by atoms with van der Waals surface area (Å²) in [5.41, 5.74) is 0.340. The van der Waals surface area contributed by atoms with Crippen molar-refractivity contribution in [2.45, 2.75) is 30.6 Å². The number of aromatic nitrogens is 2. The number of aryl methyl sites for hydroxylation is 1. The number of nitrogens with zero attached hydrogens (tertiary/aromatic N) is 4. The number of sulfonamides is 1. The molecule has 1 aromatic heterocycles. The molecule has 2 fully saturated rings. The van der Waals surface area contributed by atoms with Crippen LogP contribution >= 0.6 is 15.9 Å². The molecule has 1 amide bonds. The average molecular weight is 499 g/mol. The minimum atomic E-state index is -3.73. The zero-order valence-electron chi connectivity index (χ0n) is 16.6. The monoisotopic (exact) mass is 498 g/mol. The number of carbonyl (C=O) groups is 1. The van der Waals surface area contributed by atoms with Gasteiger partial charge in [0, 0.05) is 36.2 Å². The summed E-state index contributed by atoms with van der Waals surface area (Å²) >= 11 is 3.33. The van der Waals surface area contributed by atoms with Gasteiger partial charge in [-0.2, -0.15) is 9.29 Å². The molecule has 4 rings (SSSR count). The molecule has 0 aliphatic carbocycles. The quantitative estimate of drug-likeness (QED) is 0.635. The van der Waals surface area contributed by atoms with E-state index in [0.717, 1.165) is 12.8 Å². The van der Waals surface area contributed by atoms with E-state index in [1.54, 1.807) is 24.0 Å². The highest BCUT2D eigenvalue weighted by Gasteiger charge is 2.32. The van der Waals surface area contributed by atoms with Crippen LogP contribution in [0.4, 0.5) is 0 Å². The number of hydrogen-bond donors (Lipinski definition) is 0. The van der Waals surface area contributed by atoms with Crippen molar-refractivity contribution in [3.63, 3.8) is 0 Å². The molecule has 2 aliphatic heterocycles. The molecule has 0 spiro atoms. The fraction of sp³-hybridized carbons (Fsp3) is 0.526. The van der Waals surface area contributed by atoms with Gasteiger partial charge in [-0.3, -0.25) is 4.79 Å². The number of amides is 1. The number of piperidine rings is 1. The maximum atomic E-state index is 13.2. The highest BCUT2D eigenvalue weighted by Crippen LogP contribution is 2.30. The minimum absolute atomic E-state index is 0.0177. The Kier molecular flexibility index (Phi) is 6.24. The lowest BCUT2D eigenvalue weighted by Gasteiger charge is -2.31. The third-order valence-electron chi connectivity index (χ3n) is 5.37. The van der Waals surface area contributed by atoms with Gasteiger partial charge < -0.3 is 14.2 Å². The lowest BCUT2D eigenvalue weighted by Crippen LogP contribution is -2.41. The Bertz CT molecular complexity index is 1040. The van der Waals surface area contributed by atoms with Crippen molar-refractivity contribution in [3.8, 4) is 0 Å². The standard InChI is InChI=1S/C19H23BrN4O5S/c1-13-21-18(29-22-13)15-3-2-6-23(12-15)19(25)14-4-5-16(20)17(11-14)30(26,27)24-7-9-28-10-8-24/h4-5,11,15H,2-3,6-10,12H2,1H3. The Morgan fingerprint density at radius 3 is 2.70 bits per heavy atom. The van der Waals surface area contributed by atoms with Crippen molar-refractivity contribution < 1.29 is 22.5 Å². The van der Waals surface area contributed by atoms with E-state index in [1.807, 2.05) is 0 Å². The number of benzene rings is 1. The first-order valence-corrected chi connectivity index (χ1v) is 12.1. The van der Waals surface area contributed by atoms with Gasteiger partial charge in [-0.15, -0.1) is 0 Å². The normalized spacial score (nSPS) is 21.0. The Morgan fingerprint density at radius 1 is 1.23 bits per heavy atom. The predicted octanol–water partition coefficient (Wildman–Crippen LogP) is 2.18. The van der Waals surface area contributed by atoms with Crippen LogP contribution in [0, 0.1) is 6.92 Å². The molecule has 2 aromatic rings.